The number of nitrogens with two attached hydrogens (primary N) is 1. The number of rotatable bonds is 3. The van der Waals surface area contributed by atoms with Crippen LogP contribution in [0.3, 0.4) is 0 Å². The second-order valence-corrected chi connectivity index (χ2v) is 4.31. The van der Waals surface area contributed by atoms with Crippen LogP contribution in [0.4, 0.5) is 4.39 Å². The molecule has 0 aliphatic carbocycles. The van der Waals surface area contributed by atoms with Crippen molar-refractivity contribution >= 4 is 0 Å². The first-order valence-electron chi connectivity index (χ1n) is 6.08. The second kappa shape index (κ2) is 5.18. The Balaban J connectivity index is 1.90. The normalized spacial score (nSPS) is 12.3. The lowest BCUT2D eigenvalue weighted by Crippen LogP contribution is -2.13. The molecule has 0 spiro atoms. The first kappa shape index (κ1) is 12.4. The lowest BCUT2D eigenvalue weighted by molar-refractivity contribution is 0.615. The maximum atomic E-state index is 13.2. The molecule has 0 aliphatic heterocycles. The summed E-state index contributed by atoms with van der Waals surface area (Å²) in [6.45, 7) is 0. The molecule has 1 atom stereocenters. The molecule has 3 rings (SSSR count). The molecule has 0 radical (unpaired) electrons. The summed E-state index contributed by atoms with van der Waals surface area (Å²) < 4.78 is 13.2. The molecule has 0 saturated carbocycles. The van der Waals surface area contributed by atoms with Crippen LogP contribution in [0.25, 0.3) is 5.69 Å². The molecule has 0 fully saturated rings. The molecule has 0 aliphatic rings. The zero-order valence-corrected chi connectivity index (χ0v) is 10.5. The minimum Gasteiger partial charge on any atom is -0.319 e. The van der Waals surface area contributed by atoms with Gasteiger partial charge in [0.25, 0.3) is 0 Å². The zero-order valence-electron chi connectivity index (χ0n) is 10.5. The van der Waals surface area contributed by atoms with Crippen molar-refractivity contribution in [2.75, 3.05) is 0 Å². The molecule has 1 aromatic carbocycles. The fourth-order valence-corrected chi connectivity index (χ4v) is 1.87. The Morgan fingerprint density at radius 2 is 1.90 bits per heavy atom. The van der Waals surface area contributed by atoms with E-state index in [1.165, 1.54) is 17.1 Å². The Labute approximate surface area is 114 Å². The van der Waals surface area contributed by atoms with Crippen LogP contribution in [0.5, 0.6) is 0 Å². The molecule has 3 aromatic rings. The molecule has 2 N–H and O–H groups in total. The van der Waals surface area contributed by atoms with E-state index in [0.717, 1.165) is 11.9 Å². The lowest BCUT2D eigenvalue weighted by atomic mass is 10.1. The van der Waals surface area contributed by atoms with Gasteiger partial charge in [0.15, 0.2) is 0 Å². The molecule has 6 heteroatoms. The van der Waals surface area contributed by atoms with Gasteiger partial charge in [0.1, 0.15) is 11.5 Å². The standard InChI is InChI=1S/C14H12FN5/c15-11-6-10(7-17-8-11)14(16)13-9-18-20(19-13)12-4-2-1-3-5-12/h1-9,14H,16H2. The molecule has 5 nitrogen and oxygen atoms in total. The van der Waals surface area contributed by atoms with E-state index < -0.39 is 11.9 Å². The predicted octanol–water partition coefficient (Wildman–Crippen LogP) is 1.85. The molecule has 1 unspecified atom stereocenters. The van der Waals surface area contributed by atoms with Crippen molar-refractivity contribution in [1.29, 1.82) is 0 Å². The monoisotopic (exact) mass is 269 g/mol. The van der Waals surface area contributed by atoms with Gasteiger partial charge in [-0.1, -0.05) is 18.2 Å². The van der Waals surface area contributed by atoms with Crippen LogP contribution in [0.15, 0.2) is 55.0 Å². The highest BCUT2D eigenvalue weighted by molar-refractivity contribution is 5.29. The molecular weight excluding hydrogens is 257 g/mol. The van der Waals surface area contributed by atoms with E-state index in [9.17, 15) is 4.39 Å². The number of benzene rings is 1. The Hall–Kier alpha value is -2.60. The topological polar surface area (TPSA) is 69.6 Å². The summed E-state index contributed by atoms with van der Waals surface area (Å²) >= 11 is 0. The van der Waals surface area contributed by atoms with Crippen molar-refractivity contribution in [3.8, 4) is 5.69 Å². The summed E-state index contributed by atoms with van der Waals surface area (Å²) in [6.07, 6.45) is 4.23. The van der Waals surface area contributed by atoms with Crippen LogP contribution in [-0.2, 0) is 0 Å². The van der Waals surface area contributed by atoms with E-state index in [0.29, 0.717) is 11.3 Å². The summed E-state index contributed by atoms with van der Waals surface area (Å²) in [5.74, 6) is -0.423. The molecule has 2 heterocycles. The highest BCUT2D eigenvalue weighted by Crippen LogP contribution is 2.17. The van der Waals surface area contributed by atoms with Crippen LogP contribution in [-0.4, -0.2) is 20.0 Å². The number of aromatic nitrogens is 4. The van der Waals surface area contributed by atoms with E-state index in [-0.39, 0.29) is 0 Å². The number of pyridine rings is 1. The van der Waals surface area contributed by atoms with Gasteiger partial charge in [-0.05, 0) is 23.8 Å². The third-order valence-electron chi connectivity index (χ3n) is 2.90. The summed E-state index contributed by atoms with van der Waals surface area (Å²) in [6, 6.07) is 10.3. The minimum atomic E-state index is -0.560. The number of hydrogen-bond donors (Lipinski definition) is 1. The van der Waals surface area contributed by atoms with Crippen molar-refractivity contribution in [1.82, 2.24) is 20.0 Å². The summed E-state index contributed by atoms with van der Waals surface area (Å²) in [5, 5.41) is 8.48. The molecular formula is C14H12FN5. The third kappa shape index (κ3) is 2.41. The van der Waals surface area contributed by atoms with Gasteiger partial charge in [0.05, 0.1) is 24.1 Å². The van der Waals surface area contributed by atoms with Gasteiger partial charge in [-0.25, -0.2) is 4.39 Å². The quantitative estimate of drug-likeness (QED) is 0.787. The first-order valence-corrected chi connectivity index (χ1v) is 6.08. The van der Waals surface area contributed by atoms with Crippen LogP contribution in [0, 0.1) is 5.82 Å². The van der Waals surface area contributed by atoms with Gasteiger partial charge in [-0.15, -0.1) is 0 Å². The van der Waals surface area contributed by atoms with E-state index in [1.807, 2.05) is 30.3 Å². The molecule has 20 heavy (non-hydrogen) atoms. The fraction of sp³-hybridized carbons (Fsp3) is 0.0714. The van der Waals surface area contributed by atoms with Crippen molar-refractivity contribution in [3.63, 3.8) is 0 Å². The molecule has 0 bridgehead atoms. The Kier molecular flexibility index (Phi) is 3.22. The van der Waals surface area contributed by atoms with Gasteiger partial charge < -0.3 is 5.73 Å². The highest BCUT2D eigenvalue weighted by Gasteiger charge is 2.14. The van der Waals surface area contributed by atoms with Crippen LogP contribution in [0.2, 0.25) is 0 Å². The molecule has 100 valence electrons. The van der Waals surface area contributed by atoms with E-state index in [2.05, 4.69) is 15.2 Å². The Morgan fingerprint density at radius 3 is 2.65 bits per heavy atom. The van der Waals surface area contributed by atoms with Gasteiger partial charge >= 0.3 is 0 Å². The maximum absolute atomic E-state index is 13.2. The van der Waals surface area contributed by atoms with Crippen molar-refractivity contribution in [2.24, 2.45) is 5.73 Å². The van der Waals surface area contributed by atoms with Crippen LogP contribution < -0.4 is 5.73 Å². The highest BCUT2D eigenvalue weighted by atomic mass is 19.1. The zero-order chi connectivity index (χ0) is 13.9. The number of para-hydroxylation sites is 1. The smallest absolute Gasteiger partial charge is 0.141 e. The minimum absolute atomic E-state index is 0.423. The van der Waals surface area contributed by atoms with Crippen LogP contribution >= 0.6 is 0 Å². The van der Waals surface area contributed by atoms with E-state index >= 15 is 0 Å². The summed E-state index contributed by atoms with van der Waals surface area (Å²) in [5.41, 5.74) is 8.01. The summed E-state index contributed by atoms with van der Waals surface area (Å²) in [4.78, 5) is 5.27. The van der Waals surface area contributed by atoms with E-state index in [4.69, 9.17) is 5.73 Å². The van der Waals surface area contributed by atoms with Crippen molar-refractivity contribution in [2.45, 2.75) is 6.04 Å². The van der Waals surface area contributed by atoms with Gasteiger partial charge in [0, 0.05) is 6.20 Å². The molecule has 2 aromatic heterocycles. The number of halogens is 1. The molecule has 0 amide bonds. The SMILES string of the molecule is NC(c1cncc(F)c1)c1cnn(-c2ccccc2)n1. The van der Waals surface area contributed by atoms with Gasteiger partial charge in [-0.2, -0.15) is 15.0 Å². The van der Waals surface area contributed by atoms with Crippen LogP contribution in [0.1, 0.15) is 17.3 Å². The fourth-order valence-electron chi connectivity index (χ4n) is 1.87. The molecule has 0 saturated heterocycles. The number of nitrogens with zero attached hydrogens (tertiary/aromatic N) is 4. The third-order valence-corrected chi connectivity index (χ3v) is 2.90. The second-order valence-electron chi connectivity index (χ2n) is 4.31. The first-order chi connectivity index (χ1) is 9.74. The van der Waals surface area contributed by atoms with Gasteiger partial charge in [-0.3, -0.25) is 4.98 Å². The number of hydrogen-bond acceptors (Lipinski definition) is 4. The maximum Gasteiger partial charge on any atom is 0.141 e. The largest absolute Gasteiger partial charge is 0.319 e. The predicted molar refractivity (Wildman–Crippen MR) is 71.6 cm³/mol. The van der Waals surface area contributed by atoms with E-state index in [1.54, 1.807) is 6.20 Å². The Bertz CT molecular complexity index is 710. The van der Waals surface area contributed by atoms with Gasteiger partial charge in [0.2, 0.25) is 0 Å². The Morgan fingerprint density at radius 1 is 1.10 bits per heavy atom. The average Bonchev–Trinajstić information content (AvgIpc) is 2.97. The average molecular weight is 269 g/mol. The van der Waals surface area contributed by atoms with Crippen molar-refractivity contribution < 1.29 is 4.39 Å². The summed E-state index contributed by atoms with van der Waals surface area (Å²) in [7, 11) is 0. The van der Waals surface area contributed by atoms with Crippen molar-refractivity contribution in [3.05, 3.63) is 72.1 Å². The lowest BCUT2D eigenvalue weighted by Gasteiger charge is -2.07.